The highest BCUT2D eigenvalue weighted by molar-refractivity contribution is 7.92. The maximum atomic E-state index is 13.7. The first-order chi connectivity index (χ1) is 16.0. The normalized spacial score (nSPS) is 25.2. The van der Waals surface area contributed by atoms with Crippen molar-refractivity contribution >= 4 is 16.0 Å². The van der Waals surface area contributed by atoms with E-state index in [1.54, 1.807) is 0 Å². The lowest BCUT2D eigenvalue weighted by Crippen LogP contribution is -2.53. The molecular formula is C21H15F7O6S. The molecule has 14 heteroatoms. The number of hydrogen-bond acceptors (Lipinski definition) is 6. The van der Waals surface area contributed by atoms with Gasteiger partial charge in [0.15, 0.2) is 9.84 Å². The van der Waals surface area contributed by atoms with Gasteiger partial charge in [-0.05, 0) is 29.8 Å². The summed E-state index contributed by atoms with van der Waals surface area (Å²) < 4.78 is 128. The van der Waals surface area contributed by atoms with Gasteiger partial charge in [0.1, 0.15) is 22.8 Å². The fraction of sp³-hybridized carbons (Fsp3) is 0.381. The number of rotatable bonds is 4. The van der Waals surface area contributed by atoms with Crippen molar-refractivity contribution in [3.63, 3.8) is 0 Å². The summed E-state index contributed by atoms with van der Waals surface area (Å²) in [6, 6.07) is 5.75. The van der Waals surface area contributed by atoms with Crippen LogP contribution in [0.2, 0.25) is 0 Å². The standard InChI is InChI=1S/C21H15F7O6S/c22-13-5-7-14(8-6-13)35(31,32)18(9-15-16(10-18)34-17(29)33-15)11-1-3-12(4-2-11)19(30,20(23,24)25)21(26,27)28/h1-8,15-16,30H,9-10H2/t15-,16?,18-/m1/s1. The van der Waals surface area contributed by atoms with Gasteiger partial charge < -0.3 is 14.6 Å². The molecule has 1 aliphatic heterocycles. The molecule has 2 aliphatic rings. The van der Waals surface area contributed by atoms with Crippen LogP contribution < -0.4 is 0 Å². The van der Waals surface area contributed by atoms with E-state index in [1.165, 1.54) is 0 Å². The third-order valence-corrected chi connectivity index (χ3v) is 8.75. The van der Waals surface area contributed by atoms with Crippen LogP contribution in [0.1, 0.15) is 24.0 Å². The van der Waals surface area contributed by atoms with Gasteiger partial charge in [-0.15, -0.1) is 0 Å². The second-order valence-corrected chi connectivity index (χ2v) is 10.5. The first-order valence-corrected chi connectivity index (χ1v) is 11.4. The Hall–Kier alpha value is -2.87. The molecule has 35 heavy (non-hydrogen) atoms. The van der Waals surface area contributed by atoms with Crippen LogP contribution in [-0.4, -0.2) is 44.2 Å². The van der Waals surface area contributed by atoms with Crippen LogP contribution in [0.3, 0.4) is 0 Å². The highest BCUT2D eigenvalue weighted by Crippen LogP contribution is 2.53. The lowest BCUT2D eigenvalue weighted by atomic mass is 9.88. The van der Waals surface area contributed by atoms with Gasteiger partial charge in [-0.25, -0.2) is 17.6 Å². The molecule has 190 valence electrons. The summed E-state index contributed by atoms with van der Waals surface area (Å²) in [5.41, 5.74) is -7.01. The van der Waals surface area contributed by atoms with Crippen molar-refractivity contribution in [3.8, 4) is 0 Å². The summed E-state index contributed by atoms with van der Waals surface area (Å²) in [6.45, 7) is 0. The van der Waals surface area contributed by atoms with Crippen LogP contribution in [0, 0.1) is 5.82 Å². The Balaban J connectivity index is 1.84. The van der Waals surface area contributed by atoms with E-state index in [0.29, 0.717) is 12.1 Å². The molecule has 4 rings (SSSR count). The van der Waals surface area contributed by atoms with Gasteiger partial charge in [-0.3, -0.25) is 0 Å². The first-order valence-electron chi connectivity index (χ1n) is 9.87. The number of fused-ring (bicyclic) bond motifs is 1. The number of aliphatic hydroxyl groups is 1. The molecule has 1 unspecified atom stereocenters. The van der Waals surface area contributed by atoms with E-state index in [4.69, 9.17) is 9.47 Å². The lowest BCUT2D eigenvalue weighted by molar-refractivity contribution is -0.376. The minimum Gasteiger partial charge on any atom is -0.427 e. The van der Waals surface area contributed by atoms with E-state index >= 15 is 0 Å². The Labute approximate surface area is 193 Å². The molecule has 2 aromatic carbocycles. The summed E-state index contributed by atoms with van der Waals surface area (Å²) in [5, 5.41) is 9.62. The van der Waals surface area contributed by atoms with Gasteiger partial charge in [-0.1, -0.05) is 24.3 Å². The highest BCUT2D eigenvalue weighted by atomic mass is 32.2. The minimum absolute atomic E-state index is 0.230. The summed E-state index contributed by atoms with van der Waals surface area (Å²) >= 11 is 0. The van der Waals surface area contributed by atoms with Crippen molar-refractivity contribution in [1.29, 1.82) is 0 Å². The second kappa shape index (κ2) is 7.82. The monoisotopic (exact) mass is 528 g/mol. The van der Waals surface area contributed by atoms with Gasteiger partial charge in [0.05, 0.1) is 4.90 Å². The van der Waals surface area contributed by atoms with Crippen molar-refractivity contribution in [3.05, 3.63) is 65.5 Å². The molecule has 6 nitrogen and oxygen atoms in total. The Morgan fingerprint density at radius 3 is 1.71 bits per heavy atom. The molecule has 3 atom stereocenters. The topological polar surface area (TPSA) is 89.9 Å². The van der Waals surface area contributed by atoms with Crippen molar-refractivity contribution in [2.75, 3.05) is 0 Å². The molecule has 1 N–H and O–H groups in total. The summed E-state index contributed by atoms with van der Waals surface area (Å²) in [6.07, 6.45) is -16.3. The zero-order valence-corrected chi connectivity index (χ0v) is 18.0. The van der Waals surface area contributed by atoms with E-state index in [9.17, 15) is 49.1 Å². The molecule has 1 aliphatic carbocycles. The molecule has 0 amide bonds. The van der Waals surface area contributed by atoms with Gasteiger partial charge in [0, 0.05) is 18.4 Å². The second-order valence-electron chi connectivity index (χ2n) is 8.21. The smallest absolute Gasteiger partial charge is 0.427 e. The quantitative estimate of drug-likeness (QED) is 0.357. The Kier molecular flexibility index (Phi) is 5.63. The van der Waals surface area contributed by atoms with Crippen LogP contribution in [0.25, 0.3) is 0 Å². The van der Waals surface area contributed by atoms with Crippen molar-refractivity contribution < 1.29 is 58.5 Å². The first kappa shape index (κ1) is 25.2. The van der Waals surface area contributed by atoms with Crippen molar-refractivity contribution in [2.24, 2.45) is 0 Å². The number of benzene rings is 2. The third kappa shape index (κ3) is 3.73. The summed E-state index contributed by atoms with van der Waals surface area (Å²) in [4.78, 5) is 11.0. The third-order valence-electron chi connectivity index (χ3n) is 6.26. The van der Waals surface area contributed by atoms with E-state index in [0.717, 1.165) is 36.4 Å². The van der Waals surface area contributed by atoms with Gasteiger partial charge in [0.2, 0.25) is 0 Å². The fourth-order valence-corrected chi connectivity index (χ4v) is 6.62. The van der Waals surface area contributed by atoms with E-state index in [-0.39, 0.29) is 10.5 Å². The molecule has 1 saturated heterocycles. The number of ether oxygens (including phenoxy) is 2. The zero-order chi connectivity index (χ0) is 26.0. The van der Waals surface area contributed by atoms with Crippen molar-refractivity contribution in [2.45, 2.75) is 52.6 Å². The number of carbonyl (C=O) groups is 1. The average molecular weight is 528 g/mol. The summed E-state index contributed by atoms with van der Waals surface area (Å²) in [7, 11) is -4.48. The molecular weight excluding hydrogens is 513 g/mol. The molecule has 2 fully saturated rings. The lowest BCUT2D eigenvalue weighted by Gasteiger charge is -2.34. The number of alkyl halides is 6. The van der Waals surface area contributed by atoms with Crippen LogP contribution in [0.5, 0.6) is 0 Å². The number of halogens is 7. The molecule has 1 heterocycles. The molecule has 1 saturated carbocycles. The molecule has 0 bridgehead atoms. The Morgan fingerprint density at radius 1 is 0.829 bits per heavy atom. The summed E-state index contributed by atoms with van der Waals surface area (Å²) in [5.74, 6) is -0.749. The fourth-order valence-electron chi connectivity index (χ4n) is 4.46. The van der Waals surface area contributed by atoms with Crippen LogP contribution in [0.4, 0.5) is 35.5 Å². The molecule has 0 spiro atoms. The minimum atomic E-state index is -6.13. The van der Waals surface area contributed by atoms with Crippen LogP contribution in [-0.2, 0) is 29.7 Å². The SMILES string of the molecule is O=C1OC2C[C@](c3ccc(C(O)(C(F)(F)F)C(F)(F)F)cc3)(S(=O)(=O)c3ccc(F)cc3)C[C@H]2O1. The van der Waals surface area contributed by atoms with Gasteiger partial charge >= 0.3 is 18.5 Å². The number of sulfone groups is 1. The Bertz CT molecular complexity index is 1210. The molecule has 0 radical (unpaired) electrons. The maximum absolute atomic E-state index is 13.7. The average Bonchev–Trinajstić information content (AvgIpc) is 3.27. The largest absolute Gasteiger partial charge is 0.509 e. The predicted octanol–water partition coefficient (Wildman–Crippen LogP) is 4.50. The van der Waals surface area contributed by atoms with Gasteiger partial charge in [-0.2, -0.15) is 26.3 Å². The van der Waals surface area contributed by atoms with Crippen LogP contribution in [0.15, 0.2) is 53.4 Å². The van der Waals surface area contributed by atoms with Gasteiger partial charge in [0.25, 0.3) is 5.60 Å². The molecule has 0 aromatic heterocycles. The van der Waals surface area contributed by atoms with Crippen molar-refractivity contribution in [1.82, 2.24) is 0 Å². The van der Waals surface area contributed by atoms with E-state index in [1.807, 2.05) is 0 Å². The molecule has 2 aromatic rings. The number of hydrogen-bond donors (Lipinski definition) is 1. The number of carbonyl (C=O) groups excluding carboxylic acids is 1. The van der Waals surface area contributed by atoms with Crippen LogP contribution >= 0.6 is 0 Å². The predicted molar refractivity (Wildman–Crippen MR) is 102 cm³/mol. The van der Waals surface area contributed by atoms with E-state index < -0.39 is 75.1 Å². The Morgan fingerprint density at radius 2 is 1.29 bits per heavy atom. The zero-order valence-electron chi connectivity index (χ0n) is 17.2. The highest BCUT2D eigenvalue weighted by Gasteiger charge is 2.71. The maximum Gasteiger partial charge on any atom is 0.509 e. The van der Waals surface area contributed by atoms with E-state index in [2.05, 4.69) is 0 Å².